The normalized spacial score (nSPS) is 15.8. The summed E-state index contributed by atoms with van der Waals surface area (Å²) in [7, 11) is 2.08. The van der Waals surface area contributed by atoms with E-state index in [-0.39, 0.29) is 16.7 Å². The van der Waals surface area contributed by atoms with Crippen molar-refractivity contribution < 1.29 is 13.9 Å². The van der Waals surface area contributed by atoms with Gasteiger partial charge in [-0.05, 0) is 44.2 Å². The molecule has 0 bridgehead atoms. The molecule has 7 heteroatoms. The van der Waals surface area contributed by atoms with Crippen LogP contribution in [0.15, 0.2) is 36.4 Å². The smallest absolute Gasteiger partial charge is 0.259 e. The number of carbonyl (C=O) groups excluding carboxylic acids is 1. The predicted octanol–water partition coefficient (Wildman–Crippen LogP) is 3.60. The summed E-state index contributed by atoms with van der Waals surface area (Å²) in [5.74, 6) is -0.504. The van der Waals surface area contributed by atoms with E-state index >= 15 is 0 Å². The first kappa shape index (κ1) is 17.6. The van der Waals surface area contributed by atoms with E-state index in [2.05, 4.69) is 22.2 Å². The second kappa shape index (κ2) is 7.80. The molecule has 25 heavy (non-hydrogen) atoms. The SMILES string of the molecule is CN1CCC(Oc2cccc(NC(=O)c3ccc(Cl)cc3F)n2)CC1. The molecule has 132 valence electrons. The predicted molar refractivity (Wildman–Crippen MR) is 94.7 cm³/mol. The van der Waals surface area contributed by atoms with Crippen molar-refractivity contribution in [2.75, 3.05) is 25.5 Å². The van der Waals surface area contributed by atoms with Gasteiger partial charge in [0.2, 0.25) is 5.88 Å². The fourth-order valence-electron chi connectivity index (χ4n) is 2.68. The molecule has 1 aromatic heterocycles. The summed E-state index contributed by atoms with van der Waals surface area (Å²) in [5.41, 5.74) is -0.0900. The number of hydrogen-bond donors (Lipinski definition) is 1. The van der Waals surface area contributed by atoms with Crippen molar-refractivity contribution in [3.05, 3.63) is 52.8 Å². The largest absolute Gasteiger partial charge is 0.474 e. The van der Waals surface area contributed by atoms with E-state index < -0.39 is 11.7 Å². The van der Waals surface area contributed by atoms with E-state index in [4.69, 9.17) is 16.3 Å². The number of carbonyl (C=O) groups is 1. The van der Waals surface area contributed by atoms with Crippen LogP contribution in [0.25, 0.3) is 0 Å². The number of nitrogens with one attached hydrogen (secondary N) is 1. The first-order valence-electron chi connectivity index (χ1n) is 8.10. The van der Waals surface area contributed by atoms with Gasteiger partial charge in [0.25, 0.3) is 5.91 Å². The number of halogens is 2. The Hall–Kier alpha value is -2.18. The molecule has 1 amide bonds. The Morgan fingerprint density at radius 3 is 2.80 bits per heavy atom. The molecule has 3 rings (SSSR count). The van der Waals surface area contributed by atoms with Crippen LogP contribution in [0, 0.1) is 5.82 Å². The average molecular weight is 364 g/mol. The van der Waals surface area contributed by atoms with E-state index in [0.29, 0.717) is 11.7 Å². The van der Waals surface area contributed by atoms with Gasteiger partial charge in [-0.1, -0.05) is 17.7 Å². The Balaban J connectivity index is 1.66. The van der Waals surface area contributed by atoms with Crippen molar-refractivity contribution in [3.63, 3.8) is 0 Å². The molecule has 0 spiro atoms. The van der Waals surface area contributed by atoms with Crippen molar-refractivity contribution >= 4 is 23.3 Å². The summed E-state index contributed by atoms with van der Waals surface area (Å²) >= 11 is 5.70. The van der Waals surface area contributed by atoms with Crippen molar-refractivity contribution in [1.29, 1.82) is 0 Å². The maximum Gasteiger partial charge on any atom is 0.259 e. The van der Waals surface area contributed by atoms with Gasteiger partial charge in [0.1, 0.15) is 17.7 Å². The van der Waals surface area contributed by atoms with Gasteiger partial charge in [0.05, 0.1) is 5.56 Å². The molecule has 0 saturated carbocycles. The molecular formula is C18H19ClFN3O2. The first-order valence-corrected chi connectivity index (χ1v) is 8.48. The van der Waals surface area contributed by atoms with Crippen LogP contribution in [0.1, 0.15) is 23.2 Å². The second-order valence-electron chi connectivity index (χ2n) is 6.06. The highest BCUT2D eigenvalue weighted by atomic mass is 35.5. The third-order valence-electron chi connectivity index (χ3n) is 4.09. The molecule has 0 aliphatic carbocycles. The van der Waals surface area contributed by atoms with E-state index in [9.17, 15) is 9.18 Å². The van der Waals surface area contributed by atoms with Crippen LogP contribution in [-0.2, 0) is 0 Å². The quantitative estimate of drug-likeness (QED) is 0.901. The van der Waals surface area contributed by atoms with Crippen molar-refractivity contribution in [1.82, 2.24) is 9.88 Å². The van der Waals surface area contributed by atoms with Gasteiger partial charge in [-0.15, -0.1) is 0 Å². The van der Waals surface area contributed by atoms with Gasteiger partial charge in [0, 0.05) is 24.2 Å². The Morgan fingerprint density at radius 2 is 2.08 bits per heavy atom. The molecule has 1 aliphatic heterocycles. The molecule has 2 aromatic rings. The first-order chi connectivity index (χ1) is 12.0. The van der Waals surface area contributed by atoms with E-state index in [1.807, 2.05) is 0 Å². The monoisotopic (exact) mass is 363 g/mol. The summed E-state index contributed by atoms with van der Waals surface area (Å²) in [6.07, 6.45) is 1.98. The maximum atomic E-state index is 13.8. The minimum Gasteiger partial charge on any atom is -0.474 e. The number of piperidine rings is 1. The summed E-state index contributed by atoms with van der Waals surface area (Å²) in [6, 6.07) is 9.03. The molecular weight excluding hydrogens is 345 g/mol. The van der Waals surface area contributed by atoms with Gasteiger partial charge < -0.3 is 15.0 Å². The molecule has 1 aromatic carbocycles. The molecule has 1 fully saturated rings. The van der Waals surface area contributed by atoms with Crippen molar-refractivity contribution in [2.45, 2.75) is 18.9 Å². The van der Waals surface area contributed by atoms with Crippen LogP contribution in [-0.4, -0.2) is 42.0 Å². The van der Waals surface area contributed by atoms with Gasteiger partial charge in [-0.25, -0.2) is 4.39 Å². The number of nitrogens with zero attached hydrogens (tertiary/aromatic N) is 2. The molecule has 0 atom stereocenters. The lowest BCUT2D eigenvalue weighted by Crippen LogP contribution is -2.35. The summed E-state index contributed by atoms with van der Waals surface area (Å²) in [6.45, 7) is 1.97. The Morgan fingerprint density at radius 1 is 1.32 bits per heavy atom. The van der Waals surface area contributed by atoms with Gasteiger partial charge in [0.15, 0.2) is 0 Å². The highest BCUT2D eigenvalue weighted by molar-refractivity contribution is 6.30. The third kappa shape index (κ3) is 4.67. The number of benzene rings is 1. The lowest BCUT2D eigenvalue weighted by Gasteiger charge is -2.28. The van der Waals surface area contributed by atoms with E-state index in [1.54, 1.807) is 18.2 Å². The van der Waals surface area contributed by atoms with Crippen LogP contribution in [0.2, 0.25) is 5.02 Å². The van der Waals surface area contributed by atoms with Gasteiger partial charge >= 0.3 is 0 Å². The molecule has 2 heterocycles. The summed E-state index contributed by atoms with van der Waals surface area (Å²) < 4.78 is 19.7. The molecule has 0 radical (unpaired) electrons. The lowest BCUT2D eigenvalue weighted by atomic mass is 10.1. The number of anilines is 1. The third-order valence-corrected chi connectivity index (χ3v) is 4.33. The van der Waals surface area contributed by atoms with Crippen LogP contribution < -0.4 is 10.1 Å². The van der Waals surface area contributed by atoms with Crippen LogP contribution in [0.4, 0.5) is 10.2 Å². The molecule has 1 saturated heterocycles. The lowest BCUT2D eigenvalue weighted by molar-refractivity contribution is 0.102. The number of likely N-dealkylation sites (tertiary alicyclic amines) is 1. The molecule has 1 aliphatic rings. The molecule has 5 nitrogen and oxygen atoms in total. The fraction of sp³-hybridized carbons (Fsp3) is 0.333. The molecule has 0 unspecified atom stereocenters. The summed E-state index contributed by atoms with van der Waals surface area (Å²) in [4.78, 5) is 18.7. The van der Waals surface area contributed by atoms with Crippen molar-refractivity contribution in [2.24, 2.45) is 0 Å². The van der Waals surface area contributed by atoms with Gasteiger partial charge in [-0.3, -0.25) is 4.79 Å². The zero-order chi connectivity index (χ0) is 17.8. The number of rotatable bonds is 4. The van der Waals surface area contributed by atoms with E-state index in [0.717, 1.165) is 32.0 Å². The second-order valence-corrected chi connectivity index (χ2v) is 6.50. The standard InChI is InChI=1S/C18H19ClFN3O2/c1-23-9-7-13(8-10-23)25-17-4-2-3-16(21-17)22-18(24)14-6-5-12(19)11-15(14)20/h2-6,11,13H,7-10H2,1H3,(H,21,22,24). The number of amides is 1. The summed E-state index contributed by atoms with van der Waals surface area (Å²) in [5, 5.41) is 2.82. The fourth-order valence-corrected chi connectivity index (χ4v) is 2.84. The number of aromatic nitrogens is 1. The zero-order valence-electron chi connectivity index (χ0n) is 13.8. The number of ether oxygens (including phenoxy) is 1. The minimum absolute atomic E-state index is 0.0900. The van der Waals surface area contributed by atoms with Crippen LogP contribution >= 0.6 is 11.6 Å². The molecule has 1 N–H and O–H groups in total. The minimum atomic E-state index is -0.677. The van der Waals surface area contributed by atoms with E-state index in [1.165, 1.54) is 12.1 Å². The number of pyridine rings is 1. The Bertz CT molecular complexity index is 764. The van der Waals surface area contributed by atoms with Crippen LogP contribution in [0.3, 0.4) is 0 Å². The maximum absolute atomic E-state index is 13.8. The van der Waals surface area contributed by atoms with Crippen LogP contribution in [0.5, 0.6) is 5.88 Å². The Labute approximate surface area is 150 Å². The topological polar surface area (TPSA) is 54.5 Å². The highest BCUT2D eigenvalue weighted by Crippen LogP contribution is 2.20. The van der Waals surface area contributed by atoms with Gasteiger partial charge in [-0.2, -0.15) is 4.98 Å². The van der Waals surface area contributed by atoms with Crippen molar-refractivity contribution in [3.8, 4) is 5.88 Å². The zero-order valence-corrected chi connectivity index (χ0v) is 14.6. The Kier molecular flexibility index (Phi) is 5.50. The highest BCUT2D eigenvalue weighted by Gasteiger charge is 2.19. The average Bonchev–Trinajstić information content (AvgIpc) is 2.57. The number of hydrogen-bond acceptors (Lipinski definition) is 4.